The summed E-state index contributed by atoms with van der Waals surface area (Å²) in [5.41, 5.74) is -0.652. The number of nitro groups is 3. The highest BCUT2D eigenvalue weighted by Gasteiger charge is 2.31. The van der Waals surface area contributed by atoms with Crippen molar-refractivity contribution in [2.24, 2.45) is 5.41 Å². The highest BCUT2D eigenvalue weighted by molar-refractivity contribution is 5.66. The van der Waals surface area contributed by atoms with Crippen molar-refractivity contribution in [3.8, 4) is 0 Å². The van der Waals surface area contributed by atoms with E-state index in [1.165, 1.54) is 0 Å². The van der Waals surface area contributed by atoms with E-state index in [9.17, 15) is 35.1 Å². The lowest BCUT2D eigenvalue weighted by atomic mass is 9.72. The maximum absolute atomic E-state index is 10.9. The Morgan fingerprint density at radius 3 is 1.33 bits per heavy atom. The third-order valence-corrected chi connectivity index (χ3v) is 4.01. The molecule has 0 aliphatic carbocycles. The summed E-state index contributed by atoms with van der Waals surface area (Å²) < 4.78 is 0. The van der Waals surface area contributed by atoms with Crippen LogP contribution >= 0.6 is 0 Å². The molecule has 0 fully saturated rings. The van der Waals surface area contributed by atoms with Crippen molar-refractivity contribution in [1.82, 2.24) is 0 Å². The normalized spacial score (nSPS) is 11.2. The van der Waals surface area contributed by atoms with Gasteiger partial charge in [0.15, 0.2) is 0 Å². The molecule has 0 spiro atoms. The Hall–Kier alpha value is -2.33. The Balaban J connectivity index is 4.95. The van der Waals surface area contributed by atoms with Gasteiger partial charge >= 0.3 is 5.97 Å². The summed E-state index contributed by atoms with van der Waals surface area (Å²) in [4.78, 5) is 40.9. The van der Waals surface area contributed by atoms with E-state index in [0.717, 1.165) is 0 Å². The van der Waals surface area contributed by atoms with Crippen molar-refractivity contribution in [1.29, 1.82) is 0 Å². The van der Waals surface area contributed by atoms with Gasteiger partial charge in [-0.2, -0.15) is 0 Å². The lowest BCUT2D eigenvalue weighted by Crippen LogP contribution is -2.25. The molecule has 0 aromatic carbocycles. The Morgan fingerprint density at radius 2 is 1.08 bits per heavy atom. The van der Waals surface area contributed by atoms with Crippen LogP contribution in [0.25, 0.3) is 0 Å². The van der Waals surface area contributed by atoms with Gasteiger partial charge < -0.3 is 5.11 Å². The van der Waals surface area contributed by atoms with Crippen LogP contribution in [0, 0.1) is 35.8 Å². The van der Waals surface area contributed by atoms with Gasteiger partial charge in [0.25, 0.3) is 0 Å². The summed E-state index contributed by atoms with van der Waals surface area (Å²) in [7, 11) is 0. The molecule has 0 rings (SSSR count). The van der Waals surface area contributed by atoms with Crippen molar-refractivity contribution >= 4 is 5.97 Å². The van der Waals surface area contributed by atoms with E-state index in [1.54, 1.807) is 0 Å². The zero-order chi connectivity index (χ0) is 18.6. The average molecular weight is 349 g/mol. The largest absolute Gasteiger partial charge is 0.481 e. The Bertz CT molecular complexity index is 404. The lowest BCUT2D eigenvalue weighted by Gasteiger charge is -2.33. The van der Waals surface area contributed by atoms with E-state index >= 15 is 0 Å². The van der Waals surface area contributed by atoms with Crippen molar-refractivity contribution in [2.75, 3.05) is 19.6 Å². The van der Waals surface area contributed by atoms with Crippen LogP contribution < -0.4 is 0 Å². The molecule has 1 N–H and O–H groups in total. The molecule has 0 unspecified atom stereocenters. The molecule has 11 heteroatoms. The average Bonchev–Trinajstić information content (AvgIpc) is 2.43. The van der Waals surface area contributed by atoms with Crippen LogP contribution in [-0.4, -0.2) is 45.5 Å². The van der Waals surface area contributed by atoms with E-state index < -0.39 is 26.2 Å². The second kappa shape index (κ2) is 11.2. The minimum Gasteiger partial charge on any atom is -0.481 e. The number of carbonyl (C=O) groups is 1. The Kier molecular flexibility index (Phi) is 10.2. The fourth-order valence-electron chi connectivity index (χ4n) is 2.87. The van der Waals surface area contributed by atoms with Gasteiger partial charge in [-0.15, -0.1) is 0 Å². The standard InChI is InChI=1S/C13H23N3O8/c17-12(18)4-8-13(5-1-9-14(19)20,6-2-10-15(21)22)7-3-11-16(23)24/h1-11H2,(H,17,18). The number of nitrogens with zero attached hydrogens (tertiary/aromatic N) is 3. The van der Waals surface area contributed by atoms with Gasteiger partial charge in [-0.05, 0) is 31.1 Å². The SMILES string of the molecule is O=C(O)CCC(CCC[N+](=O)[O-])(CCC[N+](=O)[O-])CCC[N+](=O)[O-]. The maximum atomic E-state index is 10.9. The molecule has 0 saturated carbocycles. The molecule has 0 saturated heterocycles. The first-order chi connectivity index (χ1) is 11.2. The van der Waals surface area contributed by atoms with E-state index in [2.05, 4.69) is 0 Å². The van der Waals surface area contributed by atoms with Crippen molar-refractivity contribution < 1.29 is 24.7 Å². The first kappa shape index (κ1) is 21.7. The van der Waals surface area contributed by atoms with Crippen LogP contribution in [-0.2, 0) is 4.79 Å². The van der Waals surface area contributed by atoms with Crippen LogP contribution in [0.1, 0.15) is 51.4 Å². The molecule has 0 amide bonds. The topological polar surface area (TPSA) is 167 Å². The fraction of sp³-hybridized carbons (Fsp3) is 0.923. The van der Waals surface area contributed by atoms with Gasteiger partial charge in [0.05, 0.1) is 0 Å². The minimum absolute atomic E-state index is 0.171. The van der Waals surface area contributed by atoms with Crippen molar-refractivity contribution in [2.45, 2.75) is 51.4 Å². The van der Waals surface area contributed by atoms with Gasteiger partial charge in [-0.3, -0.25) is 35.1 Å². The minimum atomic E-state index is -1.03. The van der Waals surface area contributed by atoms with E-state index in [0.29, 0.717) is 19.3 Å². The summed E-state index contributed by atoms with van der Waals surface area (Å²) in [5, 5.41) is 40.4. The van der Waals surface area contributed by atoms with Gasteiger partial charge in [-0.25, -0.2) is 0 Å². The highest BCUT2D eigenvalue weighted by atomic mass is 16.6. The van der Waals surface area contributed by atoms with E-state index in [1.807, 2.05) is 0 Å². The predicted octanol–water partition coefficient (Wildman–Crippen LogP) is 2.01. The van der Waals surface area contributed by atoms with Crippen LogP contribution in [0.3, 0.4) is 0 Å². The van der Waals surface area contributed by atoms with Crippen molar-refractivity contribution in [3.63, 3.8) is 0 Å². The Labute approximate surface area is 138 Å². The number of carboxylic acids is 1. The lowest BCUT2D eigenvalue weighted by molar-refractivity contribution is -0.483. The monoisotopic (exact) mass is 349 g/mol. The summed E-state index contributed by atoms with van der Waals surface area (Å²) in [6.45, 7) is -0.835. The number of carboxylic acid groups (broad SMARTS) is 1. The number of hydrogen-bond acceptors (Lipinski definition) is 7. The van der Waals surface area contributed by atoms with Gasteiger partial charge in [-0.1, -0.05) is 0 Å². The molecule has 0 aliphatic rings. The van der Waals surface area contributed by atoms with Crippen LogP contribution in [0.4, 0.5) is 0 Å². The summed E-state index contributed by atoms with van der Waals surface area (Å²) >= 11 is 0. The molecule has 0 bridgehead atoms. The number of rotatable bonds is 15. The third-order valence-electron chi connectivity index (χ3n) is 4.01. The van der Waals surface area contributed by atoms with Crippen LogP contribution in [0.2, 0.25) is 0 Å². The third kappa shape index (κ3) is 11.3. The number of aliphatic carboxylic acids is 1. The zero-order valence-corrected chi connectivity index (χ0v) is 13.4. The molecule has 0 atom stereocenters. The van der Waals surface area contributed by atoms with E-state index in [4.69, 9.17) is 5.11 Å². The van der Waals surface area contributed by atoms with Crippen LogP contribution in [0.5, 0.6) is 0 Å². The van der Waals surface area contributed by atoms with Gasteiger partial charge in [0.1, 0.15) is 0 Å². The second-order valence-corrected chi connectivity index (χ2v) is 5.87. The molecule has 138 valence electrons. The van der Waals surface area contributed by atoms with Crippen LogP contribution in [0.15, 0.2) is 0 Å². The van der Waals surface area contributed by atoms with E-state index in [-0.39, 0.29) is 51.7 Å². The Morgan fingerprint density at radius 1 is 0.750 bits per heavy atom. The molecular weight excluding hydrogens is 326 g/mol. The summed E-state index contributed by atoms with van der Waals surface area (Å²) in [5.74, 6) is -1.03. The molecule has 0 aliphatic heterocycles. The smallest absolute Gasteiger partial charge is 0.303 e. The van der Waals surface area contributed by atoms with Gasteiger partial charge in [0.2, 0.25) is 19.6 Å². The quantitative estimate of drug-likeness (QED) is 0.346. The first-order valence-corrected chi connectivity index (χ1v) is 7.74. The molecule has 11 nitrogen and oxygen atoms in total. The summed E-state index contributed by atoms with van der Waals surface area (Å²) in [6, 6.07) is 0. The molecule has 0 aromatic rings. The summed E-state index contributed by atoms with van der Waals surface area (Å²) in [6.07, 6.45) is 1.66. The first-order valence-electron chi connectivity index (χ1n) is 7.74. The zero-order valence-electron chi connectivity index (χ0n) is 13.4. The molecule has 24 heavy (non-hydrogen) atoms. The maximum Gasteiger partial charge on any atom is 0.303 e. The molecule has 0 aromatic heterocycles. The second-order valence-electron chi connectivity index (χ2n) is 5.87. The fourth-order valence-corrected chi connectivity index (χ4v) is 2.87. The predicted molar refractivity (Wildman–Crippen MR) is 82.6 cm³/mol. The number of hydrogen-bond donors (Lipinski definition) is 1. The van der Waals surface area contributed by atoms with Crippen molar-refractivity contribution in [3.05, 3.63) is 30.3 Å². The molecule has 0 radical (unpaired) electrons. The highest BCUT2D eigenvalue weighted by Crippen LogP contribution is 2.39. The molecule has 0 heterocycles. The van der Waals surface area contributed by atoms with Gasteiger partial charge in [0, 0.05) is 40.5 Å². The molecular formula is C13H23N3O8.